The van der Waals surface area contributed by atoms with Gasteiger partial charge in [-0.3, -0.25) is 4.79 Å². The highest BCUT2D eigenvalue weighted by Gasteiger charge is 2.29. The Balaban J connectivity index is 1.65. The molecule has 2 aromatic heterocycles. The summed E-state index contributed by atoms with van der Waals surface area (Å²) in [6, 6.07) is 7.23. The Morgan fingerprint density at radius 2 is 2.04 bits per heavy atom. The Labute approximate surface area is 146 Å². The van der Waals surface area contributed by atoms with E-state index in [1.165, 1.54) is 15.6 Å². The van der Waals surface area contributed by atoms with E-state index in [4.69, 9.17) is 0 Å². The van der Waals surface area contributed by atoms with Crippen LogP contribution in [0.2, 0.25) is 0 Å². The lowest BCUT2D eigenvalue weighted by atomic mass is 10.2. The van der Waals surface area contributed by atoms with Gasteiger partial charge in [0.1, 0.15) is 4.21 Å². The number of hydrogen-bond donors (Lipinski definition) is 1. The van der Waals surface area contributed by atoms with Gasteiger partial charge in [0.15, 0.2) is 0 Å². The molecule has 0 atom stereocenters. The molecule has 2 aromatic rings. The van der Waals surface area contributed by atoms with E-state index < -0.39 is 10.0 Å². The smallest absolute Gasteiger partial charge is 0.252 e. The molecule has 8 heteroatoms. The molecular weight excluding hydrogens is 346 g/mol. The Morgan fingerprint density at radius 3 is 2.71 bits per heavy atom. The van der Waals surface area contributed by atoms with E-state index >= 15 is 0 Å². The van der Waals surface area contributed by atoms with Crippen LogP contribution in [-0.4, -0.2) is 54.7 Å². The molecule has 0 saturated carbocycles. The van der Waals surface area contributed by atoms with Crippen LogP contribution in [0.1, 0.15) is 17.0 Å². The minimum Gasteiger partial charge on any atom is -0.365 e. The first kappa shape index (κ1) is 17.2. The molecule has 1 aliphatic heterocycles. The lowest BCUT2D eigenvalue weighted by Gasteiger charge is -2.21. The molecule has 0 aliphatic carbocycles. The van der Waals surface area contributed by atoms with Crippen LogP contribution < -0.4 is 0 Å². The summed E-state index contributed by atoms with van der Waals surface area (Å²) in [5.74, 6) is 0.0312. The second-order valence-corrected chi connectivity index (χ2v) is 9.33. The van der Waals surface area contributed by atoms with E-state index in [1.807, 2.05) is 25.1 Å². The number of H-pyrrole nitrogens is 1. The third-order valence-electron chi connectivity index (χ3n) is 4.12. The summed E-state index contributed by atoms with van der Waals surface area (Å²) in [6.07, 6.45) is 2.77. The van der Waals surface area contributed by atoms with Gasteiger partial charge in [-0.2, -0.15) is 4.31 Å². The monoisotopic (exact) mass is 367 g/mol. The first-order valence-corrected chi connectivity index (χ1v) is 10.2. The summed E-state index contributed by atoms with van der Waals surface area (Å²) in [4.78, 5) is 18.2. The van der Waals surface area contributed by atoms with Crippen molar-refractivity contribution in [1.29, 1.82) is 0 Å². The minimum absolute atomic E-state index is 0.0312. The maximum atomic E-state index is 12.7. The number of aryl methyl sites for hydroxylation is 1. The molecule has 0 radical (unpaired) electrons. The van der Waals surface area contributed by atoms with E-state index in [-0.39, 0.29) is 5.91 Å². The summed E-state index contributed by atoms with van der Waals surface area (Å²) >= 11 is 1.29. The summed E-state index contributed by atoms with van der Waals surface area (Å²) in [6.45, 7) is 3.71. The van der Waals surface area contributed by atoms with Crippen LogP contribution in [0.25, 0.3) is 0 Å². The van der Waals surface area contributed by atoms with Crippen LogP contribution in [0, 0.1) is 6.92 Å². The van der Waals surface area contributed by atoms with Gasteiger partial charge in [-0.15, -0.1) is 11.3 Å². The number of hydrogen-bond acceptors (Lipinski definition) is 4. The van der Waals surface area contributed by atoms with Gasteiger partial charge < -0.3 is 9.88 Å². The molecule has 3 heterocycles. The van der Waals surface area contributed by atoms with Crippen LogP contribution in [0.4, 0.5) is 0 Å². The third kappa shape index (κ3) is 3.71. The summed E-state index contributed by atoms with van der Waals surface area (Å²) in [5.41, 5.74) is 0.878. The molecule has 3 rings (SSSR count). The van der Waals surface area contributed by atoms with E-state index in [0.717, 1.165) is 10.6 Å². The zero-order valence-corrected chi connectivity index (χ0v) is 15.2. The van der Waals surface area contributed by atoms with Crippen molar-refractivity contribution in [3.8, 4) is 0 Å². The molecule has 1 N–H and O–H groups in total. The Hall–Kier alpha value is -1.64. The van der Waals surface area contributed by atoms with Gasteiger partial charge in [0.05, 0.1) is 6.42 Å². The first-order chi connectivity index (χ1) is 11.5. The predicted molar refractivity (Wildman–Crippen MR) is 93.5 cm³/mol. The molecule has 24 heavy (non-hydrogen) atoms. The molecule has 130 valence electrons. The summed E-state index contributed by atoms with van der Waals surface area (Å²) in [5, 5.41) is 0. The Morgan fingerprint density at radius 1 is 1.21 bits per heavy atom. The van der Waals surface area contributed by atoms with Crippen LogP contribution in [0.5, 0.6) is 0 Å². The van der Waals surface area contributed by atoms with Crippen LogP contribution in [-0.2, 0) is 21.2 Å². The highest BCUT2D eigenvalue weighted by atomic mass is 32.2. The predicted octanol–water partition coefficient (Wildman–Crippen LogP) is 1.85. The fourth-order valence-corrected chi connectivity index (χ4v) is 5.72. The largest absolute Gasteiger partial charge is 0.365 e. The summed E-state index contributed by atoms with van der Waals surface area (Å²) < 4.78 is 27.3. The first-order valence-electron chi connectivity index (χ1n) is 7.93. The van der Waals surface area contributed by atoms with E-state index in [2.05, 4.69) is 4.98 Å². The maximum Gasteiger partial charge on any atom is 0.252 e. The standard InChI is InChI=1S/C16H21N3O3S2/c1-13-5-6-16(23-13)24(21,22)19-9-3-8-18(10-11-19)15(20)12-14-4-2-7-17-14/h2,4-7,17H,3,8-12H2,1H3. The van der Waals surface area contributed by atoms with Gasteiger partial charge in [0, 0.05) is 42.9 Å². The topological polar surface area (TPSA) is 73.5 Å². The van der Waals surface area contributed by atoms with Crippen LogP contribution in [0.3, 0.4) is 0 Å². The van der Waals surface area contributed by atoms with Crippen LogP contribution >= 0.6 is 11.3 Å². The normalized spacial score (nSPS) is 17.0. The number of aromatic amines is 1. The molecule has 1 amide bonds. The van der Waals surface area contributed by atoms with Gasteiger partial charge >= 0.3 is 0 Å². The average Bonchev–Trinajstić information content (AvgIpc) is 3.13. The zero-order chi connectivity index (χ0) is 17.2. The van der Waals surface area contributed by atoms with Crippen molar-refractivity contribution < 1.29 is 13.2 Å². The number of carbonyl (C=O) groups excluding carboxylic acids is 1. The fraction of sp³-hybridized carbons (Fsp3) is 0.438. The average molecular weight is 367 g/mol. The van der Waals surface area contributed by atoms with Gasteiger partial charge in [-0.25, -0.2) is 8.42 Å². The van der Waals surface area contributed by atoms with Gasteiger partial charge in [0.25, 0.3) is 10.0 Å². The quantitative estimate of drug-likeness (QED) is 0.896. The lowest BCUT2D eigenvalue weighted by molar-refractivity contribution is -0.130. The molecule has 1 fully saturated rings. The fourth-order valence-electron chi connectivity index (χ4n) is 2.81. The number of sulfonamides is 1. The van der Waals surface area contributed by atoms with Crippen molar-refractivity contribution in [1.82, 2.24) is 14.2 Å². The number of amides is 1. The Kier molecular flexibility index (Phi) is 5.07. The molecule has 0 aromatic carbocycles. The number of rotatable bonds is 4. The number of nitrogens with zero attached hydrogens (tertiary/aromatic N) is 2. The van der Waals surface area contributed by atoms with Crippen molar-refractivity contribution in [3.63, 3.8) is 0 Å². The van der Waals surface area contributed by atoms with Crippen molar-refractivity contribution in [2.24, 2.45) is 0 Å². The molecule has 1 aliphatic rings. The lowest BCUT2D eigenvalue weighted by Crippen LogP contribution is -2.37. The maximum absolute atomic E-state index is 12.7. The third-order valence-corrected chi connectivity index (χ3v) is 7.49. The van der Waals surface area contributed by atoms with Gasteiger partial charge in [-0.1, -0.05) is 0 Å². The summed E-state index contributed by atoms with van der Waals surface area (Å²) in [7, 11) is -3.46. The van der Waals surface area contributed by atoms with Gasteiger partial charge in [-0.05, 0) is 37.6 Å². The molecular formula is C16H21N3O3S2. The number of nitrogens with one attached hydrogen (secondary N) is 1. The molecule has 0 unspecified atom stereocenters. The van der Waals surface area contributed by atoms with Crippen LogP contribution in [0.15, 0.2) is 34.7 Å². The minimum atomic E-state index is -3.46. The Bertz CT molecular complexity index is 796. The highest BCUT2D eigenvalue weighted by Crippen LogP contribution is 2.25. The van der Waals surface area contributed by atoms with Crippen molar-refractivity contribution >= 4 is 27.3 Å². The van der Waals surface area contributed by atoms with Crippen molar-refractivity contribution in [3.05, 3.63) is 41.0 Å². The second-order valence-electron chi connectivity index (χ2n) is 5.88. The number of thiophene rings is 1. The van der Waals surface area contributed by atoms with E-state index in [0.29, 0.717) is 43.2 Å². The highest BCUT2D eigenvalue weighted by molar-refractivity contribution is 7.91. The number of carbonyl (C=O) groups is 1. The van der Waals surface area contributed by atoms with Gasteiger partial charge in [0.2, 0.25) is 5.91 Å². The van der Waals surface area contributed by atoms with Crippen molar-refractivity contribution in [2.75, 3.05) is 26.2 Å². The SMILES string of the molecule is Cc1ccc(S(=O)(=O)N2CCCN(C(=O)Cc3ccc[nH]3)CC2)s1. The number of aromatic nitrogens is 1. The zero-order valence-electron chi connectivity index (χ0n) is 13.6. The second kappa shape index (κ2) is 7.08. The van der Waals surface area contributed by atoms with E-state index in [9.17, 15) is 13.2 Å². The van der Waals surface area contributed by atoms with E-state index in [1.54, 1.807) is 17.2 Å². The van der Waals surface area contributed by atoms with Crippen molar-refractivity contribution in [2.45, 2.75) is 24.0 Å². The molecule has 6 nitrogen and oxygen atoms in total. The molecule has 0 spiro atoms. The molecule has 1 saturated heterocycles. The molecule has 0 bridgehead atoms.